The van der Waals surface area contributed by atoms with Gasteiger partial charge in [-0.1, -0.05) is 146 Å². The quantitative estimate of drug-likeness (QED) is 0.241. The largest absolute Gasteiger partial charge is 0.368 e. The minimum Gasteiger partial charge on any atom is -0.368 e. The van der Waals surface area contributed by atoms with Gasteiger partial charge in [0.1, 0.15) is 0 Å². The maximum atomic E-state index is 12.9. The van der Waals surface area contributed by atoms with E-state index in [9.17, 15) is 4.79 Å². The van der Waals surface area contributed by atoms with Crippen molar-refractivity contribution in [1.29, 1.82) is 0 Å². The molecule has 1 amide bonds. The highest BCUT2D eigenvalue weighted by atomic mass is 16.1. The zero-order valence-corrected chi connectivity index (χ0v) is 20.6. The number of primary amides is 1. The Balaban J connectivity index is 1.56. The lowest BCUT2D eigenvalue weighted by atomic mass is 9.76. The molecule has 0 fully saturated rings. The van der Waals surface area contributed by atoms with Gasteiger partial charge >= 0.3 is 0 Å². The number of benzene rings is 5. The third kappa shape index (κ3) is 5.23. The van der Waals surface area contributed by atoms with E-state index in [1.54, 1.807) is 0 Å². The molecule has 0 aliphatic carbocycles. The smallest absolute Gasteiger partial charge is 0.234 e. The molecule has 0 spiro atoms. The molecule has 182 valence electrons. The summed E-state index contributed by atoms with van der Waals surface area (Å²) in [6.45, 7) is 0. The van der Waals surface area contributed by atoms with Crippen LogP contribution in [0.1, 0.15) is 22.3 Å². The molecule has 0 aliphatic heterocycles. The van der Waals surface area contributed by atoms with E-state index in [2.05, 4.69) is 78.1 Å². The Hall–Kier alpha value is -4.47. The Morgan fingerprint density at radius 3 is 1.35 bits per heavy atom. The number of carbonyl (C=O) groups excluding carboxylic acids is 1. The van der Waals surface area contributed by atoms with Crippen LogP contribution < -0.4 is 11.1 Å². The van der Waals surface area contributed by atoms with E-state index in [-0.39, 0.29) is 5.91 Å². The second-order valence-corrected chi connectivity index (χ2v) is 9.21. The molecular formula is C34H30N2O. The fourth-order valence-corrected chi connectivity index (χ4v) is 5.00. The SMILES string of the molecule is NC(=O)[C@H](Cc1ccc(-c2ccccc2)cc1)NC(c1ccccc1)(c1ccccc1)c1ccccc1. The molecule has 3 N–H and O–H groups in total. The van der Waals surface area contributed by atoms with Gasteiger partial charge in [-0.25, -0.2) is 0 Å². The highest BCUT2D eigenvalue weighted by Gasteiger charge is 2.39. The number of carbonyl (C=O) groups is 1. The highest BCUT2D eigenvalue weighted by molar-refractivity contribution is 5.81. The van der Waals surface area contributed by atoms with Gasteiger partial charge in [-0.05, 0) is 39.8 Å². The van der Waals surface area contributed by atoms with Crippen LogP contribution in [-0.2, 0) is 16.8 Å². The summed E-state index contributed by atoms with van der Waals surface area (Å²) < 4.78 is 0. The molecule has 3 heteroatoms. The number of rotatable bonds is 9. The Morgan fingerprint density at radius 2 is 0.946 bits per heavy atom. The van der Waals surface area contributed by atoms with Gasteiger partial charge in [-0.2, -0.15) is 0 Å². The summed E-state index contributed by atoms with van der Waals surface area (Å²) in [5.41, 5.74) is 11.7. The number of nitrogens with one attached hydrogen (secondary N) is 1. The van der Waals surface area contributed by atoms with E-state index in [0.29, 0.717) is 6.42 Å². The Morgan fingerprint density at radius 1 is 0.568 bits per heavy atom. The van der Waals surface area contributed by atoms with Crippen LogP contribution >= 0.6 is 0 Å². The standard InChI is InChI=1S/C34H30N2O/c35-33(37)32(25-26-21-23-28(24-22-26)27-13-5-1-6-14-27)36-34(29-15-7-2-8-16-29,30-17-9-3-10-18-30)31-19-11-4-12-20-31/h1-24,32,36H,25H2,(H2,35,37)/t32-/m0/s1. The summed E-state index contributed by atoms with van der Waals surface area (Å²) in [5, 5.41) is 3.74. The van der Waals surface area contributed by atoms with Gasteiger partial charge in [0.2, 0.25) is 5.91 Å². The fourth-order valence-electron chi connectivity index (χ4n) is 5.00. The lowest BCUT2D eigenvalue weighted by molar-refractivity contribution is -0.120. The number of amides is 1. The number of hydrogen-bond donors (Lipinski definition) is 2. The summed E-state index contributed by atoms with van der Waals surface area (Å²) in [5.74, 6) is -0.390. The van der Waals surface area contributed by atoms with Gasteiger partial charge in [-0.15, -0.1) is 0 Å². The summed E-state index contributed by atoms with van der Waals surface area (Å²) in [6.07, 6.45) is 0.471. The van der Waals surface area contributed by atoms with Gasteiger partial charge in [0.05, 0.1) is 11.6 Å². The van der Waals surface area contributed by atoms with Crippen molar-refractivity contribution in [3.05, 3.63) is 168 Å². The van der Waals surface area contributed by atoms with Crippen molar-refractivity contribution in [2.24, 2.45) is 5.73 Å². The third-order valence-corrected chi connectivity index (χ3v) is 6.86. The molecule has 0 aromatic heterocycles. The van der Waals surface area contributed by atoms with Crippen LogP contribution in [0.25, 0.3) is 11.1 Å². The Bertz CT molecular complexity index is 1320. The van der Waals surface area contributed by atoms with E-state index >= 15 is 0 Å². The van der Waals surface area contributed by atoms with Crippen LogP contribution in [0.4, 0.5) is 0 Å². The van der Waals surface area contributed by atoms with E-state index < -0.39 is 11.6 Å². The average Bonchev–Trinajstić information content (AvgIpc) is 2.97. The maximum absolute atomic E-state index is 12.9. The lowest BCUT2D eigenvalue weighted by Gasteiger charge is -2.39. The molecule has 0 unspecified atom stereocenters. The Labute approximate surface area is 218 Å². The molecule has 5 aromatic carbocycles. The normalized spacial score (nSPS) is 12.1. The maximum Gasteiger partial charge on any atom is 0.234 e. The first kappa shape index (κ1) is 24.2. The van der Waals surface area contributed by atoms with Crippen LogP contribution in [-0.4, -0.2) is 11.9 Å². The molecule has 0 bridgehead atoms. The molecule has 3 nitrogen and oxygen atoms in total. The van der Waals surface area contributed by atoms with E-state index in [1.165, 1.54) is 0 Å². The van der Waals surface area contributed by atoms with Gasteiger partial charge < -0.3 is 5.73 Å². The molecule has 37 heavy (non-hydrogen) atoms. The third-order valence-electron chi connectivity index (χ3n) is 6.86. The second-order valence-electron chi connectivity index (χ2n) is 9.21. The van der Waals surface area contributed by atoms with Crippen LogP contribution in [0.3, 0.4) is 0 Å². The summed E-state index contributed by atoms with van der Waals surface area (Å²) in [4.78, 5) is 12.9. The predicted octanol–water partition coefficient (Wildman–Crippen LogP) is 6.33. The fraction of sp³-hybridized carbons (Fsp3) is 0.0882. The van der Waals surface area contributed by atoms with E-state index in [4.69, 9.17) is 5.73 Å². The van der Waals surface area contributed by atoms with Crippen molar-refractivity contribution in [2.45, 2.75) is 18.0 Å². The van der Waals surface area contributed by atoms with Crippen molar-refractivity contribution in [3.8, 4) is 11.1 Å². The topological polar surface area (TPSA) is 55.1 Å². The van der Waals surface area contributed by atoms with Gasteiger partial charge in [0.15, 0.2) is 0 Å². The van der Waals surface area contributed by atoms with Gasteiger partial charge in [0.25, 0.3) is 0 Å². The molecule has 5 aromatic rings. The van der Waals surface area contributed by atoms with Gasteiger partial charge in [-0.3, -0.25) is 10.1 Å². The second kappa shape index (κ2) is 11.1. The van der Waals surface area contributed by atoms with Crippen molar-refractivity contribution in [1.82, 2.24) is 5.32 Å². The zero-order chi connectivity index (χ0) is 25.5. The molecule has 0 saturated heterocycles. The zero-order valence-electron chi connectivity index (χ0n) is 20.6. The minimum atomic E-state index is -0.770. The average molecular weight is 483 g/mol. The molecule has 5 rings (SSSR count). The first-order valence-corrected chi connectivity index (χ1v) is 12.5. The summed E-state index contributed by atoms with van der Waals surface area (Å²) >= 11 is 0. The molecular weight excluding hydrogens is 452 g/mol. The molecule has 0 radical (unpaired) electrons. The highest BCUT2D eigenvalue weighted by Crippen LogP contribution is 2.37. The van der Waals surface area contributed by atoms with E-state index in [0.717, 1.165) is 33.4 Å². The van der Waals surface area contributed by atoms with Crippen LogP contribution in [0.15, 0.2) is 146 Å². The molecule has 0 aliphatic rings. The minimum absolute atomic E-state index is 0.390. The Kier molecular flexibility index (Phi) is 7.25. The molecule has 0 saturated carbocycles. The molecule has 1 atom stereocenters. The first-order valence-electron chi connectivity index (χ1n) is 12.5. The van der Waals surface area contributed by atoms with Crippen molar-refractivity contribution in [2.75, 3.05) is 0 Å². The number of nitrogens with two attached hydrogens (primary N) is 1. The lowest BCUT2D eigenvalue weighted by Crippen LogP contribution is -2.55. The predicted molar refractivity (Wildman–Crippen MR) is 151 cm³/mol. The first-order chi connectivity index (χ1) is 18.2. The van der Waals surface area contributed by atoms with Crippen molar-refractivity contribution in [3.63, 3.8) is 0 Å². The summed E-state index contributed by atoms with van der Waals surface area (Å²) in [7, 11) is 0. The van der Waals surface area contributed by atoms with Crippen LogP contribution in [0, 0.1) is 0 Å². The summed E-state index contributed by atoms with van der Waals surface area (Å²) in [6, 6.07) is 48.8. The van der Waals surface area contributed by atoms with Gasteiger partial charge in [0, 0.05) is 0 Å². The molecule has 0 heterocycles. The van der Waals surface area contributed by atoms with Crippen LogP contribution in [0.5, 0.6) is 0 Å². The van der Waals surface area contributed by atoms with Crippen molar-refractivity contribution < 1.29 is 4.79 Å². The van der Waals surface area contributed by atoms with Crippen LogP contribution in [0.2, 0.25) is 0 Å². The van der Waals surface area contributed by atoms with Crippen molar-refractivity contribution >= 4 is 5.91 Å². The number of hydrogen-bond acceptors (Lipinski definition) is 2. The monoisotopic (exact) mass is 482 g/mol. The van der Waals surface area contributed by atoms with E-state index in [1.807, 2.05) is 72.8 Å².